The Hall–Kier alpha value is -4.16. The van der Waals surface area contributed by atoms with Crippen molar-refractivity contribution in [3.63, 3.8) is 0 Å². The summed E-state index contributed by atoms with van der Waals surface area (Å²) in [6.07, 6.45) is 1.47. The standard InChI is InChI=1S/C29H29F2N5O4S/c1-2-19-11-20(12-21-15-33-29(35-28(19)21)34-24-13-22(30)16-32-17-24)25-9-8-23(14-26(25)31)36-41(38,39)40-27(37)10-18-6-4-3-5-7-18/h3-9,11-12,14-15,22,24,32,36H,2,10,13,16-17H2,1H3,(H,33,34,35)/t22-,24-/m0/s1. The number of alkyl halides is 1. The van der Waals surface area contributed by atoms with Crippen molar-refractivity contribution < 1.29 is 26.2 Å². The number of hydrogen-bond donors (Lipinski definition) is 3. The smallest absolute Gasteiger partial charge is 0.350 e. The summed E-state index contributed by atoms with van der Waals surface area (Å²) in [6.45, 7) is 2.91. The molecule has 12 heteroatoms. The highest BCUT2D eigenvalue weighted by Crippen LogP contribution is 2.31. The van der Waals surface area contributed by atoms with E-state index >= 15 is 4.39 Å². The third-order valence-corrected chi connectivity index (χ3v) is 7.58. The second-order valence-corrected chi connectivity index (χ2v) is 11.1. The molecule has 214 valence electrons. The predicted molar refractivity (Wildman–Crippen MR) is 153 cm³/mol. The van der Waals surface area contributed by atoms with Crippen molar-refractivity contribution in [2.45, 2.75) is 38.4 Å². The summed E-state index contributed by atoms with van der Waals surface area (Å²) < 4.78 is 60.4. The number of rotatable bonds is 9. The van der Waals surface area contributed by atoms with Gasteiger partial charge in [0.1, 0.15) is 12.0 Å². The van der Waals surface area contributed by atoms with E-state index in [0.29, 0.717) is 53.9 Å². The lowest BCUT2D eigenvalue weighted by Gasteiger charge is -2.26. The van der Waals surface area contributed by atoms with Gasteiger partial charge in [-0.15, -0.1) is 0 Å². The number of carbonyl (C=O) groups excluding carboxylic acids is 1. The van der Waals surface area contributed by atoms with Crippen molar-refractivity contribution >= 4 is 38.8 Å². The molecule has 4 aromatic rings. The summed E-state index contributed by atoms with van der Waals surface area (Å²) in [5.41, 5.74) is 2.88. The highest BCUT2D eigenvalue weighted by Gasteiger charge is 2.22. The molecule has 3 aromatic carbocycles. The maximum Gasteiger partial charge on any atom is 0.410 e. The Morgan fingerprint density at radius 3 is 2.66 bits per heavy atom. The van der Waals surface area contributed by atoms with Gasteiger partial charge >= 0.3 is 16.3 Å². The van der Waals surface area contributed by atoms with Gasteiger partial charge in [0, 0.05) is 42.7 Å². The van der Waals surface area contributed by atoms with Crippen molar-refractivity contribution in [1.29, 1.82) is 0 Å². The van der Waals surface area contributed by atoms with E-state index in [0.717, 1.165) is 11.6 Å². The molecule has 1 aliphatic heterocycles. The van der Waals surface area contributed by atoms with Crippen LogP contribution in [-0.2, 0) is 32.1 Å². The van der Waals surface area contributed by atoms with E-state index in [1.165, 1.54) is 12.1 Å². The highest BCUT2D eigenvalue weighted by molar-refractivity contribution is 7.88. The van der Waals surface area contributed by atoms with Crippen molar-refractivity contribution in [2.75, 3.05) is 23.1 Å². The van der Waals surface area contributed by atoms with Gasteiger partial charge in [0.05, 0.1) is 17.6 Å². The molecule has 1 saturated heterocycles. The number of aryl methyl sites for hydroxylation is 1. The van der Waals surface area contributed by atoms with E-state index in [1.54, 1.807) is 42.6 Å². The molecule has 0 unspecified atom stereocenters. The summed E-state index contributed by atoms with van der Waals surface area (Å²) in [5, 5.41) is 6.93. The molecular formula is C29H29F2N5O4S. The van der Waals surface area contributed by atoms with Gasteiger partial charge in [0.25, 0.3) is 0 Å². The Morgan fingerprint density at radius 2 is 1.93 bits per heavy atom. The zero-order valence-corrected chi connectivity index (χ0v) is 23.0. The minimum absolute atomic E-state index is 0.0953. The molecule has 1 aromatic heterocycles. The lowest BCUT2D eigenvalue weighted by atomic mass is 9.98. The molecule has 0 amide bonds. The molecular weight excluding hydrogens is 552 g/mol. The maximum atomic E-state index is 15.2. The third kappa shape index (κ3) is 7.14. The van der Waals surface area contributed by atoms with Crippen LogP contribution in [0.2, 0.25) is 0 Å². The van der Waals surface area contributed by atoms with E-state index in [4.69, 9.17) is 0 Å². The summed E-state index contributed by atoms with van der Waals surface area (Å²) in [6, 6.07) is 15.9. The Bertz CT molecular complexity index is 1670. The average molecular weight is 582 g/mol. The highest BCUT2D eigenvalue weighted by atomic mass is 32.2. The first-order valence-corrected chi connectivity index (χ1v) is 14.6. The van der Waals surface area contributed by atoms with Crippen molar-refractivity contribution in [1.82, 2.24) is 15.3 Å². The molecule has 0 radical (unpaired) electrons. The summed E-state index contributed by atoms with van der Waals surface area (Å²) >= 11 is 0. The molecule has 0 aliphatic carbocycles. The van der Waals surface area contributed by atoms with Crippen molar-refractivity contribution in [2.24, 2.45) is 0 Å². The van der Waals surface area contributed by atoms with Crippen LogP contribution >= 0.6 is 0 Å². The topological polar surface area (TPSA) is 122 Å². The van der Waals surface area contributed by atoms with Crippen LogP contribution in [0.25, 0.3) is 22.0 Å². The van der Waals surface area contributed by atoms with Crippen LogP contribution in [0.1, 0.15) is 24.5 Å². The average Bonchev–Trinajstić information content (AvgIpc) is 2.92. The molecule has 9 nitrogen and oxygen atoms in total. The van der Waals surface area contributed by atoms with Crippen molar-refractivity contribution in [3.8, 4) is 11.1 Å². The molecule has 1 fully saturated rings. The number of nitrogens with zero attached hydrogens (tertiary/aromatic N) is 2. The summed E-state index contributed by atoms with van der Waals surface area (Å²) in [7, 11) is -4.52. The largest absolute Gasteiger partial charge is 0.410 e. The fourth-order valence-corrected chi connectivity index (χ4v) is 5.55. The summed E-state index contributed by atoms with van der Waals surface area (Å²) in [5.74, 6) is -1.24. The van der Waals surface area contributed by atoms with Gasteiger partial charge in [-0.2, -0.15) is 8.42 Å². The first-order chi connectivity index (χ1) is 19.7. The van der Waals surface area contributed by atoms with E-state index < -0.39 is 28.3 Å². The van der Waals surface area contributed by atoms with Crippen LogP contribution in [0.4, 0.5) is 20.4 Å². The number of carbonyl (C=O) groups is 1. The number of benzene rings is 3. The van der Waals surface area contributed by atoms with Crippen LogP contribution in [0.15, 0.2) is 66.9 Å². The van der Waals surface area contributed by atoms with Gasteiger partial charge in [0.15, 0.2) is 0 Å². The SMILES string of the molecule is CCc1cc(-c2ccc(NS(=O)(=O)OC(=O)Cc3ccccc3)cc2F)cc2cnc(N[C@@H]3CNC[C@@H](F)C3)nc12. The van der Waals surface area contributed by atoms with E-state index in [2.05, 4.69) is 29.5 Å². The molecule has 0 saturated carbocycles. The number of hydrogen-bond acceptors (Lipinski definition) is 8. The van der Waals surface area contributed by atoms with Gasteiger partial charge < -0.3 is 14.8 Å². The van der Waals surface area contributed by atoms with E-state index in [9.17, 15) is 17.6 Å². The first-order valence-electron chi connectivity index (χ1n) is 13.2. The zero-order chi connectivity index (χ0) is 29.0. The third-order valence-electron chi connectivity index (χ3n) is 6.69. The number of aromatic nitrogens is 2. The van der Waals surface area contributed by atoms with Crippen LogP contribution < -0.4 is 15.4 Å². The number of nitrogens with one attached hydrogen (secondary N) is 3. The fourth-order valence-electron chi connectivity index (χ4n) is 4.79. The molecule has 0 spiro atoms. The van der Waals surface area contributed by atoms with Gasteiger partial charge in [-0.3, -0.25) is 9.52 Å². The van der Waals surface area contributed by atoms with Crippen LogP contribution in [0.3, 0.4) is 0 Å². The van der Waals surface area contributed by atoms with E-state index in [1.807, 2.05) is 13.0 Å². The molecule has 5 rings (SSSR count). The number of halogens is 2. The lowest BCUT2D eigenvalue weighted by Crippen LogP contribution is -2.44. The van der Waals surface area contributed by atoms with Gasteiger partial charge in [-0.25, -0.2) is 18.7 Å². The summed E-state index contributed by atoms with van der Waals surface area (Å²) in [4.78, 5) is 21.1. The van der Waals surface area contributed by atoms with Crippen LogP contribution in [0, 0.1) is 5.82 Å². The number of anilines is 2. The first kappa shape index (κ1) is 28.4. The second-order valence-electron chi connectivity index (χ2n) is 9.82. The number of piperidine rings is 1. The minimum atomic E-state index is -4.52. The monoisotopic (exact) mass is 581 g/mol. The fraction of sp³-hybridized carbons (Fsp3) is 0.276. The maximum absolute atomic E-state index is 15.2. The Balaban J connectivity index is 1.32. The van der Waals surface area contributed by atoms with Crippen LogP contribution in [0.5, 0.6) is 0 Å². The Labute approximate surface area is 236 Å². The Morgan fingerprint density at radius 1 is 1.12 bits per heavy atom. The van der Waals surface area contributed by atoms with E-state index in [-0.39, 0.29) is 23.7 Å². The van der Waals surface area contributed by atoms with Crippen molar-refractivity contribution in [3.05, 3.63) is 83.8 Å². The molecule has 0 bridgehead atoms. The van der Waals surface area contributed by atoms with Gasteiger partial charge in [-0.1, -0.05) is 37.3 Å². The molecule has 2 heterocycles. The number of fused-ring (bicyclic) bond motifs is 1. The predicted octanol–water partition coefficient (Wildman–Crippen LogP) is 4.55. The van der Waals surface area contributed by atoms with Gasteiger partial charge in [-0.05, 0) is 53.4 Å². The molecule has 3 N–H and O–H groups in total. The lowest BCUT2D eigenvalue weighted by molar-refractivity contribution is -0.133. The quantitative estimate of drug-likeness (QED) is 0.263. The zero-order valence-electron chi connectivity index (χ0n) is 22.2. The molecule has 41 heavy (non-hydrogen) atoms. The molecule has 2 atom stereocenters. The molecule has 1 aliphatic rings. The second kappa shape index (κ2) is 12.1. The van der Waals surface area contributed by atoms with Gasteiger partial charge in [0.2, 0.25) is 5.95 Å². The normalized spacial score (nSPS) is 17.2. The Kier molecular flexibility index (Phi) is 8.41. The van der Waals surface area contributed by atoms with Crippen LogP contribution in [-0.4, -0.2) is 49.7 Å². The minimum Gasteiger partial charge on any atom is -0.350 e.